The topological polar surface area (TPSA) is 9.72 Å². The van der Waals surface area contributed by atoms with Gasteiger partial charge in [0.25, 0.3) is 0 Å². The van der Waals surface area contributed by atoms with Crippen LogP contribution in [0.25, 0.3) is 33.4 Å². The van der Waals surface area contributed by atoms with Gasteiger partial charge < -0.3 is 14.7 Å². The van der Waals surface area contributed by atoms with E-state index in [0.29, 0.717) is 0 Å². The molecule has 0 amide bonds. The molecule has 10 aromatic rings. The lowest BCUT2D eigenvalue weighted by Gasteiger charge is -2.26. The summed E-state index contributed by atoms with van der Waals surface area (Å²) >= 11 is 0. The number of nitrogens with zero attached hydrogens (tertiary/aromatic N) is 3. The minimum absolute atomic E-state index is 1.10. The largest absolute Gasteiger partial charge is 0.311 e. The van der Waals surface area contributed by atoms with E-state index in [1.807, 2.05) is 0 Å². The normalized spacial score (nSPS) is 10.9. The van der Waals surface area contributed by atoms with Crippen LogP contribution in [-0.2, 0) is 0 Å². The van der Waals surface area contributed by atoms with Crippen LogP contribution in [0.3, 0.4) is 0 Å². The third-order valence-corrected chi connectivity index (χ3v) is 11.4. The van der Waals surface area contributed by atoms with Crippen molar-refractivity contribution >= 4 is 51.2 Å². The van der Waals surface area contributed by atoms with Crippen molar-refractivity contribution in [2.24, 2.45) is 0 Å². The molecule has 0 bridgehead atoms. The molecule has 0 unspecified atom stereocenters. The Labute approximate surface area is 370 Å². The predicted molar refractivity (Wildman–Crippen MR) is 267 cm³/mol. The van der Waals surface area contributed by atoms with Crippen LogP contribution in [0, 0.1) is 0 Å². The van der Waals surface area contributed by atoms with Gasteiger partial charge in [0, 0.05) is 51.2 Å². The molecule has 0 atom stereocenters. The van der Waals surface area contributed by atoms with Gasteiger partial charge in [-0.1, -0.05) is 146 Å². The van der Waals surface area contributed by atoms with Gasteiger partial charge in [0.1, 0.15) is 0 Å². The molecule has 0 aliphatic rings. The van der Waals surface area contributed by atoms with Crippen LogP contribution in [0.2, 0.25) is 0 Å². The fourth-order valence-electron chi connectivity index (χ4n) is 8.34. The summed E-state index contributed by atoms with van der Waals surface area (Å²) in [4.78, 5) is 6.91. The van der Waals surface area contributed by atoms with Crippen LogP contribution in [-0.4, -0.2) is 0 Å². The first-order valence-electron chi connectivity index (χ1n) is 21.4. The lowest BCUT2D eigenvalue weighted by atomic mass is 9.93. The second kappa shape index (κ2) is 18.1. The van der Waals surface area contributed by atoms with Gasteiger partial charge in [0.15, 0.2) is 0 Å². The zero-order chi connectivity index (χ0) is 42.2. The quantitative estimate of drug-likeness (QED) is 0.122. The van der Waals surface area contributed by atoms with Crippen molar-refractivity contribution in [1.29, 1.82) is 0 Å². The van der Waals surface area contributed by atoms with E-state index in [-0.39, 0.29) is 0 Å². The first-order chi connectivity index (χ1) is 31.2. The van der Waals surface area contributed by atoms with Gasteiger partial charge in [0.2, 0.25) is 0 Å². The molecular weight excluding hydrogens is 763 g/mol. The van der Waals surface area contributed by atoms with E-state index in [0.717, 1.165) is 84.6 Å². The predicted octanol–water partition coefficient (Wildman–Crippen LogP) is 17.1. The van der Waals surface area contributed by atoms with Gasteiger partial charge in [-0.25, -0.2) is 0 Å². The van der Waals surface area contributed by atoms with E-state index in [4.69, 9.17) is 0 Å². The van der Waals surface area contributed by atoms with Crippen molar-refractivity contribution < 1.29 is 0 Å². The molecule has 0 heterocycles. The van der Waals surface area contributed by atoms with Gasteiger partial charge in [-0.2, -0.15) is 0 Å². The summed E-state index contributed by atoms with van der Waals surface area (Å²) in [5.74, 6) is 0. The molecule has 0 radical (unpaired) electrons. The first-order valence-corrected chi connectivity index (χ1v) is 21.4. The van der Waals surface area contributed by atoms with E-state index in [1.54, 1.807) is 0 Å². The number of hydrogen-bond acceptors (Lipinski definition) is 3. The fourth-order valence-corrected chi connectivity index (χ4v) is 8.34. The Morgan fingerprint density at radius 2 is 0.302 bits per heavy atom. The monoisotopic (exact) mass is 807 g/mol. The first kappa shape index (κ1) is 38.8. The Kier molecular flexibility index (Phi) is 11.1. The van der Waals surface area contributed by atoms with Gasteiger partial charge >= 0.3 is 0 Å². The highest BCUT2D eigenvalue weighted by Gasteiger charge is 2.16. The van der Waals surface area contributed by atoms with Crippen molar-refractivity contribution in [1.82, 2.24) is 0 Å². The Balaban J connectivity index is 1.05. The van der Waals surface area contributed by atoms with Gasteiger partial charge in [-0.3, -0.25) is 0 Å². The molecule has 0 saturated carbocycles. The maximum atomic E-state index is 2.33. The van der Waals surface area contributed by atoms with E-state index in [1.165, 1.54) is 0 Å². The second-order valence-corrected chi connectivity index (χ2v) is 15.5. The molecule has 0 N–H and O–H groups in total. The van der Waals surface area contributed by atoms with E-state index >= 15 is 0 Å². The molecule has 10 rings (SSSR count). The van der Waals surface area contributed by atoms with Crippen LogP contribution in [0.5, 0.6) is 0 Å². The summed E-state index contributed by atoms with van der Waals surface area (Å²) in [6.45, 7) is 0. The molecule has 0 saturated heterocycles. The fraction of sp³-hybridized carbons (Fsp3) is 0. The Bertz CT molecular complexity index is 2530. The lowest BCUT2D eigenvalue weighted by molar-refractivity contribution is 1.28. The molecule has 0 spiro atoms. The minimum Gasteiger partial charge on any atom is -0.311 e. The summed E-state index contributed by atoms with van der Waals surface area (Å²) in [5.41, 5.74) is 16.9. The maximum Gasteiger partial charge on any atom is 0.0462 e. The lowest BCUT2D eigenvalue weighted by Crippen LogP contribution is -2.09. The van der Waals surface area contributed by atoms with Crippen LogP contribution in [0.15, 0.2) is 273 Å². The summed E-state index contributed by atoms with van der Waals surface area (Å²) in [7, 11) is 0. The van der Waals surface area contributed by atoms with E-state index in [9.17, 15) is 0 Å². The molecule has 63 heavy (non-hydrogen) atoms. The summed E-state index contributed by atoms with van der Waals surface area (Å²) < 4.78 is 0. The summed E-state index contributed by atoms with van der Waals surface area (Å²) in [6.07, 6.45) is 0. The highest BCUT2D eigenvalue weighted by molar-refractivity contribution is 5.86. The van der Waals surface area contributed by atoms with Crippen LogP contribution in [0.1, 0.15) is 0 Å². The number of rotatable bonds is 12. The van der Waals surface area contributed by atoms with Crippen LogP contribution >= 0.6 is 0 Å². The maximum absolute atomic E-state index is 2.33. The minimum atomic E-state index is 1.10. The molecule has 0 aliphatic carbocycles. The van der Waals surface area contributed by atoms with Crippen molar-refractivity contribution in [3.63, 3.8) is 0 Å². The third kappa shape index (κ3) is 8.50. The van der Waals surface area contributed by atoms with Gasteiger partial charge in [-0.15, -0.1) is 0 Å². The van der Waals surface area contributed by atoms with Crippen LogP contribution < -0.4 is 14.7 Å². The Hall–Kier alpha value is -8.40. The molecule has 3 heteroatoms. The number of para-hydroxylation sites is 6. The van der Waals surface area contributed by atoms with E-state index in [2.05, 4.69) is 288 Å². The smallest absolute Gasteiger partial charge is 0.0462 e. The molecule has 3 nitrogen and oxygen atoms in total. The van der Waals surface area contributed by atoms with Crippen LogP contribution in [0.4, 0.5) is 51.2 Å². The molecular formula is C60H45N3. The van der Waals surface area contributed by atoms with Crippen molar-refractivity contribution in [3.8, 4) is 33.4 Å². The highest BCUT2D eigenvalue weighted by atomic mass is 15.2. The van der Waals surface area contributed by atoms with Crippen molar-refractivity contribution in [2.75, 3.05) is 14.7 Å². The Morgan fingerprint density at radius 1 is 0.143 bits per heavy atom. The van der Waals surface area contributed by atoms with E-state index < -0.39 is 0 Å². The average molecular weight is 808 g/mol. The SMILES string of the molecule is c1ccc(N(c2ccccc2)c2ccc(-c3cc(-c4ccc(N(c5ccccc5)c5ccccc5)cc4)cc(-c4ccc(N(c5ccccc5)c5ccccc5)cc4)c3)cc2)cc1. The molecule has 10 aromatic carbocycles. The van der Waals surface area contributed by atoms with Gasteiger partial charge in [0.05, 0.1) is 0 Å². The molecule has 0 aromatic heterocycles. The molecule has 0 aliphatic heterocycles. The Morgan fingerprint density at radius 3 is 0.476 bits per heavy atom. The number of benzene rings is 10. The zero-order valence-corrected chi connectivity index (χ0v) is 34.8. The second-order valence-electron chi connectivity index (χ2n) is 15.5. The standard InChI is InChI=1S/C60H45N3/c1-7-19-52(20-8-1)61(53-21-9-2-10-22-53)58-37-31-46(32-38-58)49-43-50(47-33-39-59(40-34-47)62(54-23-11-3-12-24-54)55-25-13-4-14-26-55)45-51(44-49)48-35-41-60(42-36-48)63(56-27-15-5-16-28-56)57-29-17-6-18-30-57/h1-45H. The highest BCUT2D eigenvalue weighted by Crippen LogP contribution is 2.41. The third-order valence-electron chi connectivity index (χ3n) is 11.4. The summed E-state index contributed by atoms with van der Waals surface area (Å²) in [6, 6.07) is 97.2. The number of hydrogen-bond donors (Lipinski definition) is 0. The average Bonchev–Trinajstić information content (AvgIpc) is 3.37. The summed E-state index contributed by atoms with van der Waals surface area (Å²) in [5, 5.41) is 0. The zero-order valence-electron chi connectivity index (χ0n) is 34.8. The van der Waals surface area contributed by atoms with Gasteiger partial charge in [-0.05, 0) is 161 Å². The molecule has 300 valence electrons. The van der Waals surface area contributed by atoms with Crippen molar-refractivity contribution in [2.45, 2.75) is 0 Å². The number of anilines is 9. The molecule has 0 fully saturated rings. The van der Waals surface area contributed by atoms with Crippen molar-refractivity contribution in [3.05, 3.63) is 273 Å².